The minimum atomic E-state index is -0.422. The van der Waals surface area contributed by atoms with Gasteiger partial charge in [-0.25, -0.2) is 4.79 Å². The molecule has 4 heteroatoms. The average Bonchev–Trinajstić information content (AvgIpc) is 2.40. The Morgan fingerprint density at radius 2 is 2.06 bits per heavy atom. The number of likely N-dealkylation sites (tertiary alicyclic amines) is 1. The van der Waals surface area contributed by atoms with Crippen molar-refractivity contribution in [3.05, 3.63) is 0 Å². The van der Waals surface area contributed by atoms with Gasteiger partial charge in [0.25, 0.3) is 0 Å². The summed E-state index contributed by atoms with van der Waals surface area (Å²) in [6, 6.07) is 0. The van der Waals surface area contributed by atoms with Crippen molar-refractivity contribution in [1.82, 2.24) is 10.2 Å². The van der Waals surface area contributed by atoms with Crippen LogP contribution in [0.2, 0.25) is 0 Å². The van der Waals surface area contributed by atoms with Gasteiger partial charge in [-0.05, 0) is 60.5 Å². The molecule has 1 amide bonds. The number of nitrogens with one attached hydrogen (secondary N) is 1. The molecule has 1 unspecified atom stereocenters. The highest BCUT2D eigenvalue weighted by Gasteiger charge is 2.44. The van der Waals surface area contributed by atoms with Crippen LogP contribution in [0.15, 0.2) is 0 Å². The highest BCUT2D eigenvalue weighted by atomic mass is 16.6. The van der Waals surface area contributed by atoms with Crippen LogP contribution in [-0.2, 0) is 4.74 Å². The Morgan fingerprint density at radius 1 is 1.47 bits per heavy atom. The number of nitrogens with zero attached hydrogens (tertiary/aromatic N) is 1. The molecule has 1 atom stereocenters. The van der Waals surface area contributed by atoms with Crippen molar-refractivity contribution in [1.29, 1.82) is 0 Å². The van der Waals surface area contributed by atoms with Crippen LogP contribution in [0, 0.1) is 5.92 Å². The zero-order valence-electron chi connectivity index (χ0n) is 12.0. The molecule has 1 aliphatic rings. The van der Waals surface area contributed by atoms with E-state index in [4.69, 9.17) is 4.74 Å². The normalized spacial score (nSPS) is 23.9. The van der Waals surface area contributed by atoms with Gasteiger partial charge in [0.15, 0.2) is 0 Å². The topological polar surface area (TPSA) is 41.6 Å². The van der Waals surface area contributed by atoms with Crippen LogP contribution in [0.5, 0.6) is 0 Å². The Hall–Kier alpha value is -0.770. The van der Waals surface area contributed by atoms with Crippen LogP contribution in [-0.4, -0.2) is 42.3 Å². The zero-order chi connectivity index (χ0) is 13.3. The molecule has 0 spiro atoms. The molecule has 0 radical (unpaired) electrons. The molecular weight excluding hydrogens is 216 g/mol. The largest absolute Gasteiger partial charge is 0.444 e. The SMILES string of the molecule is CNCC1CCN(C(=O)OC(C)(C)C)C1(C)C. The van der Waals surface area contributed by atoms with Gasteiger partial charge in [0.2, 0.25) is 0 Å². The van der Waals surface area contributed by atoms with Crippen molar-refractivity contribution in [2.45, 2.75) is 52.2 Å². The van der Waals surface area contributed by atoms with E-state index in [0.29, 0.717) is 5.92 Å². The highest BCUT2D eigenvalue weighted by Crippen LogP contribution is 2.35. The van der Waals surface area contributed by atoms with Crippen LogP contribution < -0.4 is 5.32 Å². The zero-order valence-corrected chi connectivity index (χ0v) is 12.0. The van der Waals surface area contributed by atoms with Gasteiger partial charge in [0.05, 0.1) is 0 Å². The van der Waals surface area contributed by atoms with Crippen LogP contribution in [0.1, 0.15) is 41.0 Å². The fourth-order valence-electron chi connectivity index (χ4n) is 2.39. The number of ether oxygens (including phenoxy) is 1. The molecule has 17 heavy (non-hydrogen) atoms. The van der Waals surface area contributed by atoms with Gasteiger partial charge in [0, 0.05) is 12.1 Å². The predicted molar refractivity (Wildman–Crippen MR) is 69.1 cm³/mol. The Labute approximate surface area is 105 Å². The molecule has 0 saturated carbocycles. The molecule has 1 rings (SSSR count). The van der Waals surface area contributed by atoms with Crippen LogP contribution in [0.4, 0.5) is 4.79 Å². The van der Waals surface area contributed by atoms with E-state index in [9.17, 15) is 4.79 Å². The van der Waals surface area contributed by atoms with Crippen LogP contribution in [0.25, 0.3) is 0 Å². The number of rotatable bonds is 2. The van der Waals surface area contributed by atoms with Gasteiger partial charge < -0.3 is 15.0 Å². The van der Waals surface area contributed by atoms with Crippen LogP contribution >= 0.6 is 0 Å². The van der Waals surface area contributed by atoms with E-state index in [2.05, 4.69) is 19.2 Å². The molecule has 0 aromatic rings. The molecule has 1 heterocycles. The van der Waals surface area contributed by atoms with E-state index >= 15 is 0 Å². The maximum absolute atomic E-state index is 12.1. The third-order valence-electron chi connectivity index (χ3n) is 3.46. The summed E-state index contributed by atoms with van der Waals surface area (Å²) in [4.78, 5) is 14.0. The number of hydrogen-bond donors (Lipinski definition) is 1. The lowest BCUT2D eigenvalue weighted by atomic mass is 9.88. The quantitative estimate of drug-likeness (QED) is 0.807. The molecule has 0 bridgehead atoms. The summed E-state index contributed by atoms with van der Waals surface area (Å²) in [6.45, 7) is 11.7. The summed E-state index contributed by atoms with van der Waals surface area (Å²) in [7, 11) is 1.95. The molecule has 100 valence electrons. The number of amides is 1. The summed E-state index contributed by atoms with van der Waals surface area (Å²) in [5, 5.41) is 3.19. The summed E-state index contributed by atoms with van der Waals surface area (Å²) < 4.78 is 5.45. The van der Waals surface area contributed by atoms with E-state index in [1.807, 2.05) is 32.7 Å². The highest BCUT2D eigenvalue weighted by molar-refractivity contribution is 5.69. The first-order valence-corrected chi connectivity index (χ1v) is 6.33. The monoisotopic (exact) mass is 242 g/mol. The number of hydrogen-bond acceptors (Lipinski definition) is 3. The summed E-state index contributed by atoms with van der Waals surface area (Å²) >= 11 is 0. The van der Waals surface area contributed by atoms with Gasteiger partial charge in [-0.15, -0.1) is 0 Å². The Morgan fingerprint density at radius 3 is 2.53 bits per heavy atom. The van der Waals surface area contributed by atoms with Crippen LogP contribution in [0.3, 0.4) is 0 Å². The second kappa shape index (κ2) is 4.84. The number of carbonyl (C=O) groups is 1. The Kier molecular flexibility index (Phi) is 4.07. The van der Waals surface area contributed by atoms with E-state index in [1.54, 1.807) is 0 Å². The second-order valence-corrected chi connectivity index (χ2v) is 6.33. The fraction of sp³-hybridized carbons (Fsp3) is 0.923. The predicted octanol–water partition coefficient (Wildman–Crippen LogP) is 2.24. The van der Waals surface area contributed by atoms with Crippen molar-refractivity contribution >= 4 is 6.09 Å². The van der Waals surface area contributed by atoms with E-state index in [1.165, 1.54) is 0 Å². The minimum absolute atomic E-state index is 0.134. The van der Waals surface area contributed by atoms with E-state index < -0.39 is 5.60 Å². The maximum Gasteiger partial charge on any atom is 0.410 e. The molecule has 1 saturated heterocycles. The van der Waals surface area contributed by atoms with Crippen molar-refractivity contribution in [2.75, 3.05) is 20.1 Å². The van der Waals surface area contributed by atoms with Gasteiger partial charge in [-0.3, -0.25) is 0 Å². The molecule has 0 aliphatic carbocycles. The van der Waals surface area contributed by atoms with Crippen molar-refractivity contribution in [3.63, 3.8) is 0 Å². The first kappa shape index (κ1) is 14.3. The third kappa shape index (κ3) is 3.35. The molecule has 4 nitrogen and oxygen atoms in total. The lowest BCUT2D eigenvalue weighted by molar-refractivity contribution is 0.00910. The molecule has 0 aromatic heterocycles. The lowest BCUT2D eigenvalue weighted by Gasteiger charge is -2.36. The third-order valence-corrected chi connectivity index (χ3v) is 3.46. The van der Waals surface area contributed by atoms with Crippen molar-refractivity contribution in [3.8, 4) is 0 Å². The molecule has 1 N–H and O–H groups in total. The van der Waals surface area contributed by atoms with Gasteiger partial charge >= 0.3 is 6.09 Å². The summed E-state index contributed by atoms with van der Waals surface area (Å²) in [5.74, 6) is 0.486. The fourth-order valence-corrected chi connectivity index (χ4v) is 2.39. The first-order valence-electron chi connectivity index (χ1n) is 6.33. The van der Waals surface area contributed by atoms with E-state index in [0.717, 1.165) is 19.5 Å². The molecular formula is C13H26N2O2. The van der Waals surface area contributed by atoms with Gasteiger partial charge in [0.1, 0.15) is 5.60 Å². The van der Waals surface area contributed by atoms with E-state index in [-0.39, 0.29) is 11.6 Å². The standard InChI is InChI=1S/C13H26N2O2/c1-12(2,3)17-11(16)15-8-7-10(9-14-6)13(15,4)5/h10,14H,7-9H2,1-6H3. The Bertz CT molecular complexity index is 282. The second-order valence-electron chi connectivity index (χ2n) is 6.33. The maximum atomic E-state index is 12.1. The lowest BCUT2D eigenvalue weighted by Crippen LogP contribution is -2.49. The van der Waals surface area contributed by atoms with Crippen molar-refractivity contribution in [2.24, 2.45) is 5.92 Å². The van der Waals surface area contributed by atoms with Gasteiger partial charge in [-0.1, -0.05) is 0 Å². The smallest absolute Gasteiger partial charge is 0.410 e. The molecule has 0 aromatic carbocycles. The summed E-state index contributed by atoms with van der Waals surface area (Å²) in [5.41, 5.74) is -0.556. The molecule has 1 aliphatic heterocycles. The van der Waals surface area contributed by atoms with Crippen molar-refractivity contribution < 1.29 is 9.53 Å². The molecule has 1 fully saturated rings. The summed E-state index contributed by atoms with van der Waals surface area (Å²) in [6.07, 6.45) is 0.841. The average molecular weight is 242 g/mol. The number of carbonyl (C=O) groups excluding carboxylic acids is 1. The minimum Gasteiger partial charge on any atom is -0.444 e. The first-order chi connectivity index (χ1) is 7.68. The van der Waals surface area contributed by atoms with Gasteiger partial charge in [-0.2, -0.15) is 0 Å². The Balaban J connectivity index is 2.70.